The zero-order chi connectivity index (χ0) is 23.8. The Morgan fingerprint density at radius 1 is 1.30 bits per heavy atom. The summed E-state index contributed by atoms with van der Waals surface area (Å²) >= 11 is 0. The number of carbonyl (C=O) groups excluding carboxylic acids is 1. The fraction of sp³-hybridized carbons (Fsp3) is 0.609. The Kier molecular flexibility index (Phi) is 7.01. The molecule has 33 heavy (non-hydrogen) atoms. The number of imidazole rings is 1. The van der Waals surface area contributed by atoms with E-state index in [2.05, 4.69) is 40.6 Å². The van der Waals surface area contributed by atoms with Crippen molar-refractivity contribution in [2.75, 3.05) is 0 Å². The molecule has 2 atom stereocenters. The maximum Gasteiger partial charge on any atom is 0.254 e. The van der Waals surface area contributed by atoms with Crippen molar-refractivity contribution >= 4 is 28.8 Å². The molecule has 3 N–H and O–H groups in total. The lowest BCUT2D eigenvalue weighted by molar-refractivity contribution is 0.0575. The lowest BCUT2D eigenvalue weighted by Crippen LogP contribution is -2.42. The molecule has 0 spiro atoms. The monoisotopic (exact) mass is 468 g/mol. The molecule has 2 unspecified atom stereocenters. The van der Waals surface area contributed by atoms with Crippen LogP contribution in [0.15, 0.2) is 18.5 Å². The zero-order valence-electron chi connectivity index (χ0n) is 19.7. The van der Waals surface area contributed by atoms with Crippen LogP contribution in [-0.4, -0.2) is 55.9 Å². The van der Waals surface area contributed by atoms with Gasteiger partial charge in [-0.3, -0.25) is 14.0 Å². The molecule has 1 fully saturated rings. The van der Waals surface area contributed by atoms with Gasteiger partial charge in [-0.25, -0.2) is 4.98 Å². The Morgan fingerprint density at radius 3 is 2.67 bits per heavy atom. The molecule has 0 saturated heterocycles. The van der Waals surface area contributed by atoms with Crippen LogP contribution < -0.4 is 10.6 Å². The molecule has 1 saturated carbocycles. The number of nitrogens with one attached hydrogen (secondary N) is 2. The van der Waals surface area contributed by atoms with Crippen LogP contribution in [0.5, 0.6) is 0 Å². The van der Waals surface area contributed by atoms with Gasteiger partial charge in [-0.15, -0.1) is 9.24 Å². The second-order valence-corrected chi connectivity index (χ2v) is 10.6. The van der Waals surface area contributed by atoms with Crippen LogP contribution in [0.1, 0.15) is 79.1 Å². The molecule has 2 aromatic rings. The normalized spacial score (nSPS) is 21.8. The van der Waals surface area contributed by atoms with Crippen molar-refractivity contribution in [2.45, 2.75) is 89.1 Å². The molecular weight excluding hydrogens is 434 g/mol. The van der Waals surface area contributed by atoms with Gasteiger partial charge in [-0.1, -0.05) is 0 Å². The Morgan fingerprint density at radius 2 is 2.00 bits per heavy atom. The highest BCUT2D eigenvalue weighted by Gasteiger charge is 2.26. The molecule has 8 nitrogen and oxygen atoms in total. The zero-order valence-corrected chi connectivity index (χ0v) is 20.9. The summed E-state index contributed by atoms with van der Waals surface area (Å²) in [6.45, 7) is 5.62. The topological polar surface area (TPSA) is 97.0 Å². The van der Waals surface area contributed by atoms with E-state index in [0.717, 1.165) is 55.9 Å². The average Bonchev–Trinajstić information content (AvgIpc) is 3.32. The standard InChI is InChI=1S/C23H34BN6O2P/c1-14-17(11-29(28-14)13-23(2,3)32)22(31)26-16-9-7-15(8-10-16)25-19-5-4-6-20-27-18(21(24)33)12-30(19)20/h5,11-12,15-16,21,25,32H,4,6-10,13,33H2,1-3H3,(H,26,31). The number of aliphatic hydroxyl groups is 1. The lowest BCUT2D eigenvalue weighted by Gasteiger charge is -2.32. The molecule has 10 heteroatoms. The summed E-state index contributed by atoms with van der Waals surface area (Å²) in [6, 6.07) is 0.514. The van der Waals surface area contributed by atoms with E-state index in [4.69, 9.17) is 7.85 Å². The number of rotatable bonds is 7. The highest BCUT2D eigenvalue weighted by atomic mass is 31.0. The SMILES string of the molecule is [B]C(P)c1cn2c(n1)CCC=C2NC1CCC(NC(=O)c2cn(CC(C)(C)O)nc2C)CC1. The summed E-state index contributed by atoms with van der Waals surface area (Å²) in [6.07, 6.45) is 11.7. The smallest absolute Gasteiger partial charge is 0.254 e. The number of hydrogen-bond acceptors (Lipinski definition) is 5. The summed E-state index contributed by atoms with van der Waals surface area (Å²) in [7, 11) is 8.59. The molecule has 2 radical (unpaired) electrons. The van der Waals surface area contributed by atoms with Crippen molar-refractivity contribution < 1.29 is 9.90 Å². The molecule has 1 aliphatic carbocycles. The van der Waals surface area contributed by atoms with Crippen molar-refractivity contribution in [3.63, 3.8) is 0 Å². The fourth-order valence-corrected chi connectivity index (χ4v) is 4.78. The van der Waals surface area contributed by atoms with Crippen LogP contribution in [0.3, 0.4) is 0 Å². The van der Waals surface area contributed by atoms with Crippen LogP contribution in [0.4, 0.5) is 0 Å². The maximum absolute atomic E-state index is 12.8. The third-order valence-corrected chi connectivity index (χ3v) is 6.60. The number of nitrogens with zero attached hydrogens (tertiary/aromatic N) is 4. The summed E-state index contributed by atoms with van der Waals surface area (Å²) in [5.41, 5.74) is 1.09. The van der Waals surface area contributed by atoms with E-state index in [1.807, 2.05) is 13.1 Å². The second kappa shape index (κ2) is 9.63. The van der Waals surface area contributed by atoms with Gasteiger partial charge in [0.1, 0.15) is 11.6 Å². The van der Waals surface area contributed by atoms with Crippen molar-refractivity contribution in [1.29, 1.82) is 0 Å². The number of aromatic nitrogens is 4. The Balaban J connectivity index is 1.30. The van der Waals surface area contributed by atoms with Crippen molar-refractivity contribution in [2.24, 2.45) is 0 Å². The van der Waals surface area contributed by atoms with E-state index in [1.54, 1.807) is 24.7 Å². The fourth-order valence-electron chi connectivity index (χ4n) is 4.62. The first-order chi connectivity index (χ1) is 15.6. The van der Waals surface area contributed by atoms with Crippen molar-refractivity contribution in [3.8, 4) is 0 Å². The number of aryl methyl sites for hydroxylation is 2. The molecule has 0 aromatic carbocycles. The number of fused-ring (bicyclic) bond motifs is 1. The second-order valence-electron chi connectivity index (χ2n) is 9.91. The molecule has 2 aromatic heterocycles. The van der Waals surface area contributed by atoms with E-state index < -0.39 is 5.60 Å². The minimum atomic E-state index is -0.883. The Labute approximate surface area is 199 Å². The summed E-state index contributed by atoms with van der Waals surface area (Å²) in [5.74, 6) is 2.04. The number of hydrogen-bond donors (Lipinski definition) is 3. The number of allylic oxidation sites excluding steroid dienone is 1. The van der Waals surface area contributed by atoms with Crippen LogP contribution in [0, 0.1) is 6.92 Å². The third kappa shape index (κ3) is 5.88. The van der Waals surface area contributed by atoms with E-state index in [-0.39, 0.29) is 17.5 Å². The van der Waals surface area contributed by atoms with Crippen molar-refractivity contribution in [3.05, 3.63) is 41.2 Å². The third-order valence-electron chi connectivity index (χ3n) is 6.26. The van der Waals surface area contributed by atoms with Gasteiger partial charge in [0, 0.05) is 30.9 Å². The Hall–Kier alpha value is -2.12. The molecule has 0 bridgehead atoms. The highest BCUT2D eigenvalue weighted by molar-refractivity contribution is 7.20. The first-order valence-electron chi connectivity index (χ1n) is 11.7. The average molecular weight is 468 g/mol. The van der Waals surface area contributed by atoms with Crippen LogP contribution in [0.2, 0.25) is 0 Å². The molecule has 1 aliphatic heterocycles. The lowest BCUT2D eigenvalue weighted by atomic mass is 9.91. The predicted molar refractivity (Wildman–Crippen MR) is 133 cm³/mol. The maximum atomic E-state index is 12.8. The molecule has 2 aliphatic rings. The van der Waals surface area contributed by atoms with Gasteiger partial charge < -0.3 is 15.7 Å². The van der Waals surface area contributed by atoms with Gasteiger partial charge in [0.2, 0.25) is 0 Å². The van der Waals surface area contributed by atoms with E-state index in [1.165, 1.54) is 0 Å². The van der Waals surface area contributed by atoms with Crippen molar-refractivity contribution in [1.82, 2.24) is 30.0 Å². The van der Waals surface area contributed by atoms with Gasteiger partial charge in [0.05, 0.1) is 36.9 Å². The first kappa shape index (κ1) is 24.0. The molecule has 176 valence electrons. The molecule has 1 amide bonds. The highest BCUT2D eigenvalue weighted by Crippen LogP contribution is 2.26. The van der Waals surface area contributed by atoms with E-state index in [9.17, 15) is 9.90 Å². The van der Waals surface area contributed by atoms with E-state index >= 15 is 0 Å². The van der Waals surface area contributed by atoms with Gasteiger partial charge in [0.25, 0.3) is 5.91 Å². The summed E-state index contributed by atoms with van der Waals surface area (Å²) in [4.78, 5) is 17.5. The van der Waals surface area contributed by atoms with Crippen LogP contribution >= 0.6 is 9.24 Å². The molecular formula is C23H34BN6O2P. The van der Waals surface area contributed by atoms with Crippen LogP contribution in [-0.2, 0) is 13.0 Å². The van der Waals surface area contributed by atoms with Crippen LogP contribution in [0.25, 0.3) is 5.82 Å². The molecule has 3 heterocycles. The van der Waals surface area contributed by atoms with E-state index in [0.29, 0.717) is 23.8 Å². The number of carbonyl (C=O) groups is 1. The molecule has 4 rings (SSSR count). The summed E-state index contributed by atoms with van der Waals surface area (Å²) < 4.78 is 3.77. The predicted octanol–water partition coefficient (Wildman–Crippen LogP) is 2.28. The quantitative estimate of drug-likeness (QED) is 0.428. The van der Waals surface area contributed by atoms with Gasteiger partial charge in [0.15, 0.2) is 0 Å². The minimum Gasteiger partial charge on any atom is -0.389 e. The van der Waals surface area contributed by atoms with Gasteiger partial charge in [-0.05, 0) is 64.5 Å². The van der Waals surface area contributed by atoms with Gasteiger partial charge in [-0.2, -0.15) is 5.10 Å². The largest absolute Gasteiger partial charge is 0.389 e. The number of amides is 1. The van der Waals surface area contributed by atoms with Gasteiger partial charge >= 0.3 is 0 Å². The summed E-state index contributed by atoms with van der Waals surface area (Å²) in [5, 5.41) is 21.3. The Bertz CT molecular complexity index is 1030. The minimum absolute atomic E-state index is 0.0924. The first-order valence-corrected chi connectivity index (χ1v) is 12.4.